The van der Waals surface area contributed by atoms with Gasteiger partial charge in [-0.1, -0.05) is 236 Å². The molecule has 0 aromatic carbocycles. The van der Waals surface area contributed by atoms with Gasteiger partial charge in [0.05, 0.1) is 0 Å². The summed E-state index contributed by atoms with van der Waals surface area (Å²) in [5.74, 6) is -0.876. The number of hydrogen-bond donors (Lipinski definition) is 0. The molecule has 0 unspecified atom stereocenters. The molecule has 0 aliphatic heterocycles. The quantitative estimate of drug-likeness (QED) is 0.0262. The van der Waals surface area contributed by atoms with Crippen LogP contribution < -0.4 is 0 Å². The van der Waals surface area contributed by atoms with Crippen molar-refractivity contribution in [2.75, 3.05) is 13.2 Å². The summed E-state index contributed by atoms with van der Waals surface area (Å²) in [5.41, 5.74) is 0. The molecule has 0 aromatic rings. The first-order valence-corrected chi connectivity index (χ1v) is 28.1. The third-order valence-corrected chi connectivity index (χ3v) is 12.3. The van der Waals surface area contributed by atoms with Gasteiger partial charge in [-0.25, -0.2) is 0 Å². The molecule has 0 fully saturated rings. The van der Waals surface area contributed by atoms with Crippen LogP contribution in [-0.4, -0.2) is 37.2 Å². The molecule has 0 aliphatic rings. The van der Waals surface area contributed by atoms with E-state index in [-0.39, 0.29) is 31.1 Å². The lowest BCUT2D eigenvalue weighted by molar-refractivity contribution is -0.167. The summed E-state index contributed by atoms with van der Waals surface area (Å²) in [6.07, 6.45) is 65.2. The number of unbranched alkanes of at least 4 members (excludes halogenated alkanes) is 32. The molecule has 0 spiro atoms. The molecule has 378 valence electrons. The van der Waals surface area contributed by atoms with Gasteiger partial charge >= 0.3 is 17.9 Å². The third kappa shape index (κ3) is 52.2. The van der Waals surface area contributed by atoms with Crippen molar-refractivity contribution < 1.29 is 28.6 Å². The van der Waals surface area contributed by atoms with E-state index >= 15 is 0 Å². The molecule has 1 atom stereocenters. The molecule has 0 aromatic heterocycles. The molecular formula is C59H106O6. The molecule has 0 heterocycles. The highest BCUT2D eigenvalue weighted by Crippen LogP contribution is 2.16. The summed E-state index contributed by atoms with van der Waals surface area (Å²) in [6, 6.07) is 0. The normalized spacial score (nSPS) is 12.4. The highest BCUT2D eigenvalue weighted by molar-refractivity contribution is 5.71. The predicted molar refractivity (Wildman–Crippen MR) is 279 cm³/mol. The first-order chi connectivity index (χ1) is 32.0. The van der Waals surface area contributed by atoms with E-state index in [1.165, 1.54) is 173 Å². The molecule has 65 heavy (non-hydrogen) atoms. The third-order valence-electron chi connectivity index (χ3n) is 12.3. The van der Waals surface area contributed by atoms with Crippen molar-refractivity contribution >= 4 is 17.9 Å². The monoisotopic (exact) mass is 911 g/mol. The van der Waals surface area contributed by atoms with Crippen LogP contribution in [0.1, 0.15) is 290 Å². The number of carbonyl (C=O) groups excluding carboxylic acids is 3. The van der Waals surface area contributed by atoms with Crippen molar-refractivity contribution in [2.45, 2.75) is 297 Å². The van der Waals surface area contributed by atoms with Crippen LogP contribution in [0.2, 0.25) is 0 Å². The number of hydrogen-bond acceptors (Lipinski definition) is 6. The second-order valence-electron chi connectivity index (χ2n) is 18.8. The minimum Gasteiger partial charge on any atom is -0.462 e. The molecule has 0 aliphatic carbocycles. The van der Waals surface area contributed by atoms with Crippen molar-refractivity contribution in [2.24, 2.45) is 0 Å². The van der Waals surface area contributed by atoms with Crippen molar-refractivity contribution in [1.29, 1.82) is 0 Å². The number of rotatable bonds is 51. The van der Waals surface area contributed by atoms with Crippen LogP contribution in [-0.2, 0) is 28.6 Å². The number of esters is 3. The van der Waals surface area contributed by atoms with Gasteiger partial charge in [-0.15, -0.1) is 0 Å². The highest BCUT2D eigenvalue weighted by Gasteiger charge is 2.19. The van der Waals surface area contributed by atoms with Gasteiger partial charge in [-0.2, -0.15) is 0 Å². The van der Waals surface area contributed by atoms with Gasteiger partial charge in [-0.3, -0.25) is 14.4 Å². The van der Waals surface area contributed by atoms with Crippen molar-refractivity contribution in [1.82, 2.24) is 0 Å². The van der Waals surface area contributed by atoms with Crippen molar-refractivity contribution in [3.8, 4) is 0 Å². The van der Waals surface area contributed by atoms with E-state index in [1.54, 1.807) is 0 Å². The summed E-state index contributed by atoms with van der Waals surface area (Å²) >= 11 is 0. The Morgan fingerprint density at radius 3 is 0.877 bits per heavy atom. The van der Waals surface area contributed by atoms with Gasteiger partial charge in [-0.05, 0) is 83.5 Å². The van der Waals surface area contributed by atoms with Gasteiger partial charge < -0.3 is 14.2 Å². The lowest BCUT2D eigenvalue weighted by Crippen LogP contribution is -2.30. The highest BCUT2D eigenvalue weighted by atomic mass is 16.6. The van der Waals surface area contributed by atoms with Crippen molar-refractivity contribution in [3.63, 3.8) is 0 Å². The first-order valence-electron chi connectivity index (χ1n) is 28.1. The Hall–Kier alpha value is -2.63. The van der Waals surface area contributed by atoms with Gasteiger partial charge in [0, 0.05) is 19.3 Å². The Bertz CT molecular complexity index is 1140. The molecular weight excluding hydrogens is 805 g/mol. The standard InChI is InChI=1S/C59H106O6/c1-4-7-10-13-16-19-22-24-26-28-29-31-33-35-38-40-43-46-49-52-58(61)64-55-56(65-59(62)53-50-47-44-41-36-21-18-15-12-9-6-3)54-63-57(60)51-48-45-42-39-37-34-32-30-27-25-23-20-17-14-11-8-5-2/h16-17,19-20,24-27,56H,4-15,18,21-23,28-55H2,1-3H3/b19-16-,20-17-,26-24-,27-25-/t56-/m0/s1. The van der Waals surface area contributed by atoms with Crippen LogP contribution >= 0.6 is 0 Å². The zero-order chi connectivity index (χ0) is 47.2. The fourth-order valence-corrected chi connectivity index (χ4v) is 8.03. The van der Waals surface area contributed by atoms with Crippen LogP contribution in [0.3, 0.4) is 0 Å². The maximum atomic E-state index is 12.8. The van der Waals surface area contributed by atoms with E-state index in [2.05, 4.69) is 69.4 Å². The Morgan fingerprint density at radius 1 is 0.308 bits per heavy atom. The Morgan fingerprint density at radius 2 is 0.554 bits per heavy atom. The summed E-state index contributed by atoms with van der Waals surface area (Å²) in [6.45, 7) is 6.60. The predicted octanol–water partition coefficient (Wildman–Crippen LogP) is 18.7. The molecule has 0 rings (SSSR count). The second-order valence-corrected chi connectivity index (χ2v) is 18.8. The van der Waals surface area contributed by atoms with E-state index in [4.69, 9.17) is 14.2 Å². The van der Waals surface area contributed by atoms with Crippen LogP contribution in [0.25, 0.3) is 0 Å². The molecule has 0 radical (unpaired) electrons. The first kappa shape index (κ1) is 62.4. The molecule has 6 heteroatoms. The van der Waals surface area contributed by atoms with E-state index in [0.717, 1.165) is 77.0 Å². The minimum absolute atomic E-state index is 0.0754. The fraction of sp³-hybridized carbons (Fsp3) is 0.814. The molecule has 0 bridgehead atoms. The van der Waals surface area contributed by atoms with E-state index in [0.29, 0.717) is 19.3 Å². The largest absolute Gasteiger partial charge is 0.462 e. The van der Waals surface area contributed by atoms with E-state index < -0.39 is 6.10 Å². The fourth-order valence-electron chi connectivity index (χ4n) is 8.03. The average molecular weight is 911 g/mol. The van der Waals surface area contributed by atoms with Crippen LogP contribution in [0.5, 0.6) is 0 Å². The molecule has 6 nitrogen and oxygen atoms in total. The van der Waals surface area contributed by atoms with E-state index in [9.17, 15) is 14.4 Å². The Labute approximate surface area is 403 Å². The summed E-state index contributed by atoms with van der Waals surface area (Å²) in [5, 5.41) is 0. The second kappa shape index (κ2) is 54.0. The minimum atomic E-state index is -0.775. The summed E-state index contributed by atoms with van der Waals surface area (Å²) in [4.78, 5) is 38.1. The van der Waals surface area contributed by atoms with Crippen LogP contribution in [0.15, 0.2) is 48.6 Å². The Kier molecular flexibility index (Phi) is 51.8. The number of allylic oxidation sites excluding steroid dienone is 8. The Balaban J connectivity index is 4.31. The molecule has 0 amide bonds. The lowest BCUT2D eigenvalue weighted by atomic mass is 10.1. The maximum absolute atomic E-state index is 12.8. The molecule has 0 saturated carbocycles. The number of ether oxygens (including phenoxy) is 3. The number of carbonyl (C=O) groups is 3. The van der Waals surface area contributed by atoms with Crippen molar-refractivity contribution in [3.05, 3.63) is 48.6 Å². The van der Waals surface area contributed by atoms with Gasteiger partial charge in [0.1, 0.15) is 13.2 Å². The van der Waals surface area contributed by atoms with Gasteiger partial charge in [0.2, 0.25) is 0 Å². The smallest absolute Gasteiger partial charge is 0.306 e. The zero-order valence-electron chi connectivity index (χ0n) is 43.3. The SMILES string of the molecule is CCCCC/C=C\C/C=C\CCCCCCCCCCCC(=O)OC[C@H](COC(=O)CCCCCCCCC/C=C\C/C=C\CCCCC)OC(=O)CCCCCCCCCCCCC. The summed E-state index contributed by atoms with van der Waals surface area (Å²) < 4.78 is 16.8. The van der Waals surface area contributed by atoms with E-state index in [1.807, 2.05) is 0 Å². The lowest BCUT2D eigenvalue weighted by Gasteiger charge is -2.18. The van der Waals surface area contributed by atoms with Gasteiger partial charge in [0.15, 0.2) is 6.10 Å². The maximum Gasteiger partial charge on any atom is 0.306 e. The zero-order valence-corrected chi connectivity index (χ0v) is 43.3. The topological polar surface area (TPSA) is 78.9 Å². The van der Waals surface area contributed by atoms with Crippen LogP contribution in [0, 0.1) is 0 Å². The molecule has 0 saturated heterocycles. The van der Waals surface area contributed by atoms with Crippen LogP contribution in [0.4, 0.5) is 0 Å². The average Bonchev–Trinajstić information content (AvgIpc) is 3.30. The van der Waals surface area contributed by atoms with Gasteiger partial charge in [0.25, 0.3) is 0 Å². The summed E-state index contributed by atoms with van der Waals surface area (Å²) in [7, 11) is 0. The molecule has 0 N–H and O–H groups in total.